The van der Waals surface area contributed by atoms with Gasteiger partial charge in [0.1, 0.15) is 0 Å². The van der Waals surface area contributed by atoms with E-state index in [-0.39, 0.29) is 0 Å². The lowest BCUT2D eigenvalue weighted by atomic mass is 10.1. The van der Waals surface area contributed by atoms with E-state index in [4.69, 9.17) is 5.73 Å². The van der Waals surface area contributed by atoms with Gasteiger partial charge in [-0.15, -0.1) is 0 Å². The number of sulfone groups is 1. The zero-order chi connectivity index (χ0) is 14.3. The van der Waals surface area contributed by atoms with Crippen LogP contribution in [-0.2, 0) is 16.3 Å². The molecule has 2 aromatic carbocycles. The molecule has 0 fully saturated rings. The molecule has 20 heavy (non-hydrogen) atoms. The topological polar surface area (TPSA) is 60.2 Å². The maximum absolute atomic E-state index is 12.8. The molecule has 0 heterocycles. The zero-order valence-electron chi connectivity index (χ0n) is 10.7. The number of fused-ring (bicyclic) bond motifs is 1. The van der Waals surface area contributed by atoms with Crippen LogP contribution in [0.3, 0.4) is 0 Å². The highest BCUT2D eigenvalue weighted by molar-refractivity contribution is 9.10. The molecule has 0 saturated heterocycles. The van der Waals surface area contributed by atoms with E-state index in [2.05, 4.69) is 15.9 Å². The van der Waals surface area contributed by atoms with E-state index >= 15 is 0 Å². The lowest BCUT2D eigenvalue weighted by Crippen LogP contribution is -2.31. The summed E-state index contributed by atoms with van der Waals surface area (Å²) in [6.07, 6.45) is 0.473. The first-order valence-electron chi connectivity index (χ1n) is 6.33. The van der Waals surface area contributed by atoms with Gasteiger partial charge in [0.15, 0.2) is 9.84 Å². The Labute approximate surface area is 126 Å². The van der Waals surface area contributed by atoms with Crippen LogP contribution in [0.25, 0.3) is 0 Å². The molecule has 0 bridgehead atoms. The average Bonchev–Trinajstić information content (AvgIpc) is 2.78. The number of nitrogens with two attached hydrogens (primary N) is 1. The Hall–Kier alpha value is -1.17. The van der Waals surface area contributed by atoms with Gasteiger partial charge in [0.05, 0.1) is 10.1 Å². The van der Waals surface area contributed by atoms with Gasteiger partial charge in [-0.2, -0.15) is 0 Å². The van der Waals surface area contributed by atoms with E-state index in [1.165, 1.54) is 0 Å². The van der Waals surface area contributed by atoms with Crippen molar-refractivity contribution in [2.75, 3.05) is 0 Å². The van der Waals surface area contributed by atoms with E-state index in [0.29, 0.717) is 15.8 Å². The second-order valence-electron chi connectivity index (χ2n) is 4.94. The van der Waals surface area contributed by atoms with Gasteiger partial charge in [-0.05, 0) is 45.6 Å². The second-order valence-corrected chi connectivity index (χ2v) is 7.93. The van der Waals surface area contributed by atoms with Crippen LogP contribution in [0.4, 0.5) is 0 Å². The Morgan fingerprint density at radius 3 is 2.40 bits per heavy atom. The van der Waals surface area contributed by atoms with Crippen molar-refractivity contribution in [3.63, 3.8) is 0 Å². The van der Waals surface area contributed by atoms with Gasteiger partial charge in [0.2, 0.25) is 0 Å². The molecule has 2 unspecified atom stereocenters. The van der Waals surface area contributed by atoms with Crippen molar-refractivity contribution in [2.45, 2.75) is 22.6 Å². The van der Waals surface area contributed by atoms with Crippen molar-refractivity contribution in [1.82, 2.24) is 0 Å². The molecule has 104 valence electrons. The van der Waals surface area contributed by atoms with Crippen LogP contribution in [-0.4, -0.2) is 13.7 Å². The highest BCUT2D eigenvalue weighted by atomic mass is 79.9. The monoisotopic (exact) mass is 351 g/mol. The van der Waals surface area contributed by atoms with Crippen molar-refractivity contribution in [3.8, 4) is 0 Å². The normalized spacial score (nSPS) is 21.7. The van der Waals surface area contributed by atoms with Crippen molar-refractivity contribution in [1.29, 1.82) is 0 Å². The molecule has 0 radical (unpaired) electrons. The molecule has 2 aromatic rings. The van der Waals surface area contributed by atoms with Crippen LogP contribution in [0.1, 0.15) is 17.2 Å². The first-order chi connectivity index (χ1) is 9.51. The third-order valence-corrected chi connectivity index (χ3v) is 6.96. The van der Waals surface area contributed by atoms with Crippen LogP contribution in [0.5, 0.6) is 0 Å². The average molecular weight is 352 g/mol. The summed E-state index contributed by atoms with van der Waals surface area (Å²) in [6.45, 7) is 0. The molecular formula is C15H14BrNO2S. The minimum absolute atomic E-state index is 0.313. The summed E-state index contributed by atoms with van der Waals surface area (Å²) >= 11 is 3.31. The molecular weight excluding hydrogens is 338 g/mol. The second kappa shape index (κ2) is 4.98. The Balaban J connectivity index is 2.05. The number of hydrogen-bond donors (Lipinski definition) is 1. The van der Waals surface area contributed by atoms with E-state index in [0.717, 1.165) is 11.1 Å². The minimum Gasteiger partial charge on any atom is -0.323 e. The molecule has 3 nitrogen and oxygen atoms in total. The van der Waals surface area contributed by atoms with Gasteiger partial charge in [-0.3, -0.25) is 0 Å². The first-order valence-corrected chi connectivity index (χ1v) is 8.67. The quantitative estimate of drug-likeness (QED) is 0.904. The van der Waals surface area contributed by atoms with E-state index in [1.54, 1.807) is 24.3 Å². The lowest BCUT2D eigenvalue weighted by molar-refractivity contribution is 0.565. The van der Waals surface area contributed by atoms with Crippen molar-refractivity contribution in [2.24, 2.45) is 5.73 Å². The summed E-state index contributed by atoms with van der Waals surface area (Å²) in [5.74, 6) is 0. The molecule has 0 aromatic heterocycles. The third kappa shape index (κ3) is 2.10. The van der Waals surface area contributed by atoms with Gasteiger partial charge < -0.3 is 5.73 Å². The molecule has 5 heteroatoms. The van der Waals surface area contributed by atoms with Crippen molar-refractivity contribution < 1.29 is 8.42 Å². The first kappa shape index (κ1) is 13.8. The molecule has 0 saturated carbocycles. The molecule has 2 atom stereocenters. The van der Waals surface area contributed by atoms with Gasteiger partial charge >= 0.3 is 0 Å². The number of rotatable bonds is 2. The Kier molecular flexibility index (Phi) is 3.44. The van der Waals surface area contributed by atoms with Gasteiger partial charge in [-0.25, -0.2) is 8.42 Å². The SMILES string of the molecule is NC1c2ccccc2CC1S(=O)(=O)c1ccccc1Br. The fraction of sp³-hybridized carbons (Fsp3) is 0.200. The predicted molar refractivity (Wildman–Crippen MR) is 82.2 cm³/mol. The smallest absolute Gasteiger partial charge is 0.184 e. The fourth-order valence-electron chi connectivity index (χ4n) is 2.73. The molecule has 3 rings (SSSR count). The highest BCUT2D eigenvalue weighted by Gasteiger charge is 2.40. The fourth-order valence-corrected chi connectivity index (χ4v) is 5.56. The lowest BCUT2D eigenvalue weighted by Gasteiger charge is -2.17. The van der Waals surface area contributed by atoms with Crippen LogP contribution in [0.15, 0.2) is 57.9 Å². The number of benzene rings is 2. The summed E-state index contributed by atoms with van der Waals surface area (Å²) < 4.78 is 26.2. The summed E-state index contributed by atoms with van der Waals surface area (Å²) in [5, 5.41) is -0.599. The Morgan fingerprint density at radius 1 is 1.05 bits per heavy atom. The third-order valence-electron chi connectivity index (χ3n) is 3.78. The molecule has 0 amide bonds. The largest absolute Gasteiger partial charge is 0.323 e. The molecule has 0 aliphatic heterocycles. The standard InChI is InChI=1S/C15H14BrNO2S/c16-12-7-3-4-8-13(12)20(18,19)14-9-10-5-1-2-6-11(10)15(14)17/h1-8,14-15H,9,17H2. The molecule has 2 N–H and O–H groups in total. The summed E-state index contributed by atoms with van der Waals surface area (Å²) in [4.78, 5) is 0.313. The number of hydrogen-bond acceptors (Lipinski definition) is 3. The van der Waals surface area contributed by atoms with E-state index in [1.807, 2.05) is 24.3 Å². The highest BCUT2D eigenvalue weighted by Crippen LogP contribution is 2.37. The van der Waals surface area contributed by atoms with Crippen LogP contribution in [0.2, 0.25) is 0 Å². The molecule has 1 aliphatic carbocycles. The minimum atomic E-state index is -3.46. The Morgan fingerprint density at radius 2 is 1.70 bits per heavy atom. The Bertz CT molecular complexity index is 758. The summed E-state index contributed by atoms with van der Waals surface area (Å²) in [5.41, 5.74) is 8.14. The van der Waals surface area contributed by atoms with Crippen LogP contribution in [0, 0.1) is 0 Å². The van der Waals surface area contributed by atoms with Crippen LogP contribution < -0.4 is 5.73 Å². The maximum Gasteiger partial charge on any atom is 0.184 e. The zero-order valence-corrected chi connectivity index (χ0v) is 13.1. The van der Waals surface area contributed by atoms with Gasteiger partial charge in [-0.1, -0.05) is 36.4 Å². The van der Waals surface area contributed by atoms with E-state index in [9.17, 15) is 8.42 Å². The van der Waals surface area contributed by atoms with Gasteiger partial charge in [0, 0.05) is 10.5 Å². The van der Waals surface area contributed by atoms with E-state index < -0.39 is 21.1 Å². The summed E-state index contributed by atoms with van der Waals surface area (Å²) in [6, 6.07) is 14.1. The van der Waals surface area contributed by atoms with Crippen molar-refractivity contribution >= 4 is 25.8 Å². The molecule has 1 aliphatic rings. The summed E-state index contributed by atoms with van der Waals surface area (Å²) in [7, 11) is -3.46. The number of halogens is 1. The van der Waals surface area contributed by atoms with Crippen molar-refractivity contribution in [3.05, 3.63) is 64.1 Å². The van der Waals surface area contributed by atoms with Crippen LogP contribution >= 0.6 is 15.9 Å². The predicted octanol–water partition coefficient (Wildman–Crippen LogP) is 2.85. The van der Waals surface area contributed by atoms with Gasteiger partial charge in [0.25, 0.3) is 0 Å². The molecule has 0 spiro atoms. The maximum atomic E-state index is 12.8.